The van der Waals surface area contributed by atoms with Gasteiger partial charge in [-0.25, -0.2) is 14.6 Å². The summed E-state index contributed by atoms with van der Waals surface area (Å²) < 4.78 is 44.5. The van der Waals surface area contributed by atoms with Gasteiger partial charge in [-0.15, -0.1) is 0 Å². The highest BCUT2D eigenvalue weighted by atomic mass is 79.9. The molecule has 13 heteroatoms. The first-order chi connectivity index (χ1) is 20.2. The second kappa shape index (κ2) is 13.2. The predicted octanol–water partition coefficient (Wildman–Crippen LogP) is 5.83. The van der Waals surface area contributed by atoms with Crippen LogP contribution in [0.4, 0.5) is 0 Å². The van der Waals surface area contributed by atoms with Crippen molar-refractivity contribution in [2.75, 3.05) is 42.7 Å². The average molecular weight is 707 g/mol. The van der Waals surface area contributed by atoms with E-state index in [1.807, 2.05) is 0 Å². The van der Waals surface area contributed by atoms with Gasteiger partial charge in [0.1, 0.15) is 0 Å². The van der Waals surface area contributed by atoms with E-state index < -0.39 is 11.9 Å². The summed E-state index contributed by atoms with van der Waals surface area (Å²) in [4.78, 5) is 30.5. The maximum absolute atomic E-state index is 13.3. The molecular weight excluding hydrogens is 682 g/mol. The number of halogens is 2. The largest absolute Gasteiger partial charge is 0.493 e. The lowest BCUT2D eigenvalue weighted by Crippen LogP contribution is -2.11. The molecule has 4 rings (SSSR count). The Bertz CT molecular complexity index is 1570. The molecule has 1 heterocycles. The minimum Gasteiger partial charge on any atom is -0.493 e. The van der Waals surface area contributed by atoms with Gasteiger partial charge >= 0.3 is 11.9 Å². The lowest BCUT2D eigenvalue weighted by atomic mass is 10.1. The quantitative estimate of drug-likeness (QED) is 0.145. The minimum absolute atomic E-state index is 0.0236. The summed E-state index contributed by atoms with van der Waals surface area (Å²) in [6.07, 6.45) is 1.45. The third-order valence-electron chi connectivity index (χ3n) is 5.96. The Morgan fingerprint density at radius 3 is 1.76 bits per heavy atom. The lowest BCUT2D eigenvalue weighted by Gasteiger charge is -2.15. The smallest absolute Gasteiger partial charge is 0.363 e. The standard InChI is InChI=1S/C29H25Br2NO10/c1-35-20-9-15(10-21(36-2)25(20)39-5)27-32-19(29(34)42-27)8-14-7-17(30)13-18(31)24(14)41-28(33)16-11-22(37-3)26(40-6)23(12-16)38-4/h7-13H,1-6H3/b19-8+. The fourth-order valence-electron chi connectivity index (χ4n) is 4.03. The first-order valence-electron chi connectivity index (χ1n) is 12.0. The number of benzene rings is 3. The summed E-state index contributed by atoms with van der Waals surface area (Å²) in [6.45, 7) is 0. The highest BCUT2D eigenvalue weighted by Crippen LogP contribution is 2.41. The number of carbonyl (C=O) groups excluding carboxylic acids is 2. The van der Waals surface area contributed by atoms with Crippen molar-refractivity contribution in [3.8, 4) is 40.2 Å². The zero-order valence-electron chi connectivity index (χ0n) is 23.3. The van der Waals surface area contributed by atoms with E-state index in [2.05, 4.69) is 36.9 Å². The molecule has 11 nitrogen and oxygen atoms in total. The molecule has 3 aromatic rings. The molecule has 0 radical (unpaired) electrons. The molecular formula is C29H25Br2NO10. The van der Waals surface area contributed by atoms with Crippen molar-refractivity contribution in [1.82, 2.24) is 0 Å². The summed E-state index contributed by atoms with van der Waals surface area (Å²) in [5.74, 6) is 0.717. The number of hydrogen-bond acceptors (Lipinski definition) is 11. The summed E-state index contributed by atoms with van der Waals surface area (Å²) in [6, 6.07) is 9.51. The van der Waals surface area contributed by atoms with E-state index in [9.17, 15) is 9.59 Å². The summed E-state index contributed by atoms with van der Waals surface area (Å²) in [7, 11) is 8.77. The number of hydrogen-bond donors (Lipinski definition) is 0. The summed E-state index contributed by atoms with van der Waals surface area (Å²) in [5, 5.41) is 0. The van der Waals surface area contributed by atoms with Crippen LogP contribution in [-0.4, -0.2) is 60.5 Å². The molecule has 220 valence electrons. The Kier molecular flexibility index (Phi) is 9.63. The predicted molar refractivity (Wildman–Crippen MR) is 160 cm³/mol. The van der Waals surface area contributed by atoms with Crippen LogP contribution in [-0.2, 0) is 9.53 Å². The van der Waals surface area contributed by atoms with E-state index >= 15 is 0 Å². The Balaban J connectivity index is 1.74. The number of rotatable bonds is 10. The zero-order chi connectivity index (χ0) is 30.6. The first kappa shape index (κ1) is 30.7. The zero-order valence-corrected chi connectivity index (χ0v) is 26.5. The molecule has 1 aliphatic rings. The fourth-order valence-corrected chi connectivity index (χ4v) is 5.37. The van der Waals surface area contributed by atoms with E-state index in [0.717, 1.165) is 0 Å². The van der Waals surface area contributed by atoms with Crippen molar-refractivity contribution in [3.05, 3.63) is 67.7 Å². The Labute approximate surface area is 258 Å². The number of esters is 2. The number of carbonyl (C=O) groups is 2. The Morgan fingerprint density at radius 2 is 1.26 bits per heavy atom. The van der Waals surface area contributed by atoms with Crippen LogP contribution in [0.1, 0.15) is 21.5 Å². The number of nitrogens with zero attached hydrogens (tertiary/aromatic N) is 1. The van der Waals surface area contributed by atoms with Gasteiger partial charge in [-0.1, -0.05) is 15.9 Å². The van der Waals surface area contributed by atoms with Crippen LogP contribution in [0.5, 0.6) is 40.2 Å². The van der Waals surface area contributed by atoms with Crippen molar-refractivity contribution in [2.24, 2.45) is 4.99 Å². The van der Waals surface area contributed by atoms with Gasteiger partial charge in [-0.2, -0.15) is 0 Å². The second-order valence-electron chi connectivity index (χ2n) is 8.36. The topological polar surface area (TPSA) is 120 Å². The lowest BCUT2D eigenvalue weighted by molar-refractivity contribution is -0.129. The van der Waals surface area contributed by atoms with Crippen molar-refractivity contribution in [2.45, 2.75) is 0 Å². The highest BCUT2D eigenvalue weighted by molar-refractivity contribution is 9.11. The highest BCUT2D eigenvalue weighted by Gasteiger charge is 2.28. The number of methoxy groups -OCH3 is 6. The maximum atomic E-state index is 13.3. The molecule has 0 aliphatic carbocycles. The van der Waals surface area contributed by atoms with Gasteiger partial charge in [0.15, 0.2) is 34.4 Å². The van der Waals surface area contributed by atoms with Gasteiger partial charge in [0.2, 0.25) is 17.4 Å². The van der Waals surface area contributed by atoms with Crippen LogP contribution in [0.3, 0.4) is 0 Å². The molecule has 0 spiro atoms. The normalized spacial score (nSPS) is 13.3. The van der Waals surface area contributed by atoms with Crippen LogP contribution in [0.2, 0.25) is 0 Å². The van der Waals surface area contributed by atoms with Crippen molar-refractivity contribution in [3.63, 3.8) is 0 Å². The van der Waals surface area contributed by atoms with E-state index in [4.69, 9.17) is 37.9 Å². The van der Waals surface area contributed by atoms with Gasteiger partial charge in [0, 0.05) is 15.6 Å². The second-order valence-corrected chi connectivity index (χ2v) is 10.1. The molecule has 0 saturated carbocycles. The van der Waals surface area contributed by atoms with Gasteiger partial charge < -0.3 is 37.9 Å². The third-order valence-corrected chi connectivity index (χ3v) is 7.00. The van der Waals surface area contributed by atoms with Gasteiger partial charge in [0.05, 0.1) is 52.7 Å². The van der Waals surface area contributed by atoms with E-state index in [-0.39, 0.29) is 34.4 Å². The van der Waals surface area contributed by atoms with Crippen LogP contribution < -0.4 is 33.2 Å². The first-order valence-corrected chi connectivity index (χ1v) is 13.6. The molecule has 3 aromatic carbocycles. The van der Waals surface area contributed by atoms with Crippen LogP contribution in [0, 0.1) is 0 Å². The molecule has 0 bridgehead atoms. The third kappa shape index (κ3) is 6.16. The molecule has 42 heavy (non-hydrogen) atoms. The monoisotopic (exact) mass is 705 g/mol. The molecule has 0 amide bonds. The SMILES string of the molecule is COc1cc(C(=O)Oc2c(Br)cc(Br)cc2/C=C2/N=C(c3cc(OC)c(OC)c(OC)c3)OC2=O)cc(OC)c1OC. The Morgan fingerprint density at radius 1 is 0.738 bits per heavy atom. The molecule has 0 N–H and O–H groups in total. The van der Waals surface area contributed by atoms with Crippen LogP contribution in [0.15, 0.2) is 56.0 Å². The summed E-state index contributed by atoms with van der Waals surface area (Å²) in [5.41, 5.74) is 0.888. The average Bonchev–Trinajstić information content (AvgIpc) is 3.36. The van der Waals surface area contributed by atoms with Crippen molar-refractivity contribution >= 4 is 55.8 Å². The van der Waals surface area contributed by atoms with Crippen molar-refractivity contribution in [1.29, 1.82) is 0 Å². The maximum Gasteiger partial charge on any atom is 0.363 e. The molecule has 0 aromatic heterocycles. The van der Waals surface area contributed by atoms with E-state index in [0.29, 0.717) is 43.1 Å². The van der Waals surface area contributed by atoms with Gasteiger partial charge in [-0.3, -0.25) is 0 Å². The molecule has 0 fully saturated rings. The molecule has 0 atom stereocenters. The number of ether oxygens (including phenoxy) is 8. The molecule has 1 aliphatic heterocycles. The van der Waals surface area contributed by atoms with Crippen LogP contribution >= 0.6 is 31.9 Å². The van der Waals surface area contributed by atoms with Crippen molar-refractivity contribution < 1.29 is 47.5 Å². The van der Waals surface area contributed by atoms with Gasteiger partial charge in [-0.05, 0) is 58.4 Å². The van der Waals surface area contributed by atoms with E-state index in [1.54, 1.807) is 24.3 Å². The minimum atomic E-state index is -0.715. The molecule has 0 unspecified atom stereocenters. The van der Waals surface area contributed by atoms with E-state index in [1.165, 1.54) is 60.9 Å². The fraction of sp³-hybridized carbons (Fsp3) is 0.207. The van der Waals surface area contributed by atoms with Gasteiger partial charge in [0.25, 0.3) is 0 Å². The van der Waals surface area contributed by atoms with Crippen LogP contribution in [0.25, 0.3) is 6.08 Å². The Hall–Kier alpha value is -4.23. The number of cyclic esters (lactones) is 1. The molecule has 0 saturated heterocycles. The summed E-state index contributed by atoms with van der Waals surface area (Å²) >= 11 is 6.87. The number of aliphatic imine (C=N–C) groups is 1.